The van der Waals surface area contributed by atoms with Gasteiger partial charge in [-0.1, -0.05) is 13.0 Å². The summed E-state index contributed by atoms with van der Waals surface area (Å²) in [6, 6.07) is 8.48. The Morgan fingerprint density at radius 3 is 2.84 bits per heavy atom. The van der Waals surface area contributed by atoms with E-state index in [0.717, 1.165) is 28.8 Å². The predicted octanol–water partition coefficient (Wildman–Crippen LogP) is 3.44. The Labute approximate surface area is 122 Å². The van der Waals surface area contributed by atoms with E-state index in [1.54, 1.807) is 6.20 Å². The van der Waals surface area contributed by atoms with Crippen molar-refractivity contribution in [1.29, 1.82) is 0 Å². The van der Waals surface area contributed by atoms with Crippen molar-refractivity contribution in [3.63, 3.8) is 0 Å². The van der Waals surface area contributed by atoms with E-state index in [2.05, 4.69) is 56.3 Å². The lowest BCUT2D eigenvalue weighted by atomic mass is 10.0. The van der Waals surface area contributed by atoms with Gasteiger partial charge in [-0.05, 0) is 59.6 Å². The first-order chi connectivity index (χ1) is 9.19. The lowest BCUT2D eigenvalue weighted by Crippen LogP contribution is -2.24. The second-order valence-electron chi connectivity index (χ2n) is 4.53. The van der Waals surface area contributed by atoms with Crippen molar-refractivity contribution in [2.45, 2.75) is 26.3 Å². The van der Waals surface area contributed by atoms with Crippen LogP contribution in [-0.2, 0) is 6.42 Å². The van der Waals surface area contributed by atoms with Crippen LogP contribution in [0, 0.1) is 6.92 Å². The Morgan fingerprint density at radius 1 is 1.32 bits per heavy atom. The van der Waals surface area contributed by atoms with Crippen LogP contribution >= 0.6 is 15.9 Å². The number of nitrogens with one attached hydrogen (secondary N) is 1. The lowest BCUT2D eigenvalue weighted by Gasteiger charge is -2.18. The number of likely N-dealkylation sites (N-methyl/N-ethyl adjacent to an activating group) is 1. The number of nitrogens with zero attached hydrogens (tertiary/aromatic N) is 2. The van der Waals surface area contributed by atoms with Crippen LogP contribution in [0.5, 0.6) is 0 Å². The molecular formula is C15H18BrN3. The first-order valence-corrected chi connectivity index (χ1v) is 7.24. The lowest BCUT2D eigenvalue weighted by molar-refractivity contribution is 0.535. The molecule has 0 radical (unpaired) electrons. The molecule has 1 atom stereocenters. The standard InChI is InChI=1S/C15H18BrN3/c1-3-18-15(14-6-4-5-11(2)19-14)8-12-7-13(16)10-17-9-12/h4-7,9-10,15,18H,3,8H2,1-2H3. The minimum atomic E-state index is 0.223. The average Bonchev–Trinajstić information content (AvgIpc) is 2.38. The summed E-state index contributed by atoms with van der Waals surface area (Å²) in [5.41, 5.74) is 3.33. The van der Waals surface area contributed by atoms with Crippen LogP contribution < -0.4 is 5.32 Å². The molecule has 2 aromatic rings. The van der Waals surface area contributed by atoms with E-state index in [1.165, 1.54) is 5.56 Å². The van der Waals surface area contributed by atoms with Crippen LogP contribution in [0.25, 0.3) is 0 Å². The zero-order chi connectivity index (χ0) is 13.7. The molecule has 2 rings (SSSR count). The molecule has 0 saturated carbocycles. The van der Waals surface area contributed by atoms with Crippen molar-refractivity contribution >= 4 is 15.9 Å². The summed E-state index contributed by atoms with van der Waals surface area (Å²) in [7, 11) is 0. The third-order valence-corrected chi connectivity index (χ3v) is 3.35. The summed E-state index contributed by atoms with van der Waals surface area (Å²) >= 11 is 3.46. The van der Waals surface area contributed by atoms with Gasteiger partial charge in [0.1, 0.15) is 0 Å². The normalized spacial score (nSPS) is 12.4. The topological polar surface area (TPSA) is 37.8 Å². The van der Waals surface area contributed by atoms with Gasteiger partial charge in [0.15, 0.2) is 0 Å². The molecule has 2 aromatic heterocycles. The van der Waals surface area contributed by atoms with Gasteiger partial charge >= 0.3 is 0 Å². The van der Waals surface area contributed by atoms with Gasteiger partial charge in [0.25, 0.3) is 0 Å². The van der Waals surface area contributed by atoms with E-state index in [-0.39, 0.29) is 6.04 Å². The fraction of sp³-hybridized carbons (Fsp3) is 0.333. The van der Waals surface area contributed by atoms with E-state index >= 15 is 0 Å². The number of aromatic nitrogens is 2. The largest absolute Gasteiger partial charge is 0.309 e. The van der Waals surface area contributed by atoms with Crippen LogP contribution in [-0.4, -0.2) is 16.5 Å². The third kappa shape index (κ3) is 4.11. The molecule has 3 nitrogen and oxygen atoms in total. The summed E-state index contributed by atoms with van der Waals surface area (Å²) in [6.45, 7) is 5.05. The molecule has 0 aliphatic heterocycles. The molecule has 0 saturated heterocycles. The highest BCUT2D eigenvalue weighted by atomic mass is 79.9. The molecule has 0 bridgehead atoms. The molecule has 0 aliphatic carbocycles. The second kappa shape index (κ2) is 6.78. The van der Waals surface area contributed by atoms with Crippen molar-refractivity contribution in [1.82, 2.24) is 15.3 Å². The summed E-state index contributed by atoms with van der Waals surface area (Å²) in [5.74, 6) is 0. The smallest absolute Gasteiger partial charge is 0.0579 e. The molecule has 19 heavy (non-hydrogen) atoms. The summed E-state index contributed by atoms with van der Waals surface area (Å²) in [4.78, 5) is 8.83. The van der Waals surface area contributed by atoms with Gasteiger partial charge in [0.2, 0.25) is 0 Å². The Balaban J connectivity index is 2.21. The number of aryl methyl sites for hydroxylation is 1. The van der Waals surface area contributed by atoms with Crippen LogP contribution in [0.1, 0.15) is 29.9 Å². The maximum absolute atomic E-state index is 4.62. The van der Waals surface area contributed by atoms with Gasteiger partial charge in [-0.3, -0.25) is 9.97 Å². The zero-order valence-corrected chi connectivity index (χ0v) is 12.8. The molecule has 4 heteroatoms. The Hall–Kier alpha value is -1.26. The Kier molecular flexibility index (Phi) is 5.05. The molecule has 2 heterocycles. The number of halogens is 1. The minimum absolute atomic E-state index is 0.223. The molecule has 0 fully saturated rings. The van der Waals surface area contributed by atoms with Gasteiger partial charge in [-0.15, -0.1) is 0 Å². The van der Waals surface area contributed by atoms with Crippen LogP contribution in [0.4, 0.5) is 0 Å². The predicted molar refractivity (Wildman–Crippen MR) is 81.0 cm³/mol. The fourth-order valence-corrected chi connectivity index (χ4v) is 2.50. The van der Waals surface area contributed by atoms with Crippen LogP contribution in [0.2, 0.25) is 0 Å². The van der Waals surface area contributed by atoms with Crippen molar-refractivity contribution in [3.8, 4) is 0 Å². The summed E-state index contributed by atoms with van der Waals surface area (Å²) < 4.78 is 1.01. The monoisotopic (exact) mass is 319 g/mol. The average molecular weight is 320 g/mol. The molecule has 0 aliphatic rings. The maximum atomic E-state index is 4.62. The molecule has 0 amide bonds. The van der Waals surface area contributed by atoms with Gasteiger partial charge in [-0.2, -0.15) is 0 Å². The van der Waals surface area contributed by atoms with Crippen LogP contribution in [0.15, 0.2) is 41.1 Å². The van der Waals surface area contributed by atoms with E-state index in [4.69, 9.17) is 0 Å². The molecule has 0 aromatic carbocycles. The SMILES string of the molecule is CCNC(Cc1cncc(Br)c1)c1cccc(C)n1. The maximum Gasteiger partial charge on any atom is 0.0579 e. The zero-order valence-electron chi connectivity index (χ0n) is 11.2. The number of pyridine rings is 2. The van der Waals surface area contributed by atoms with E-state index < -0.39 is 0 Å². The highest BCUT2D eigenvalue weighted by Gasteiger charge is 2.13. The first kappa shape index (κ1) is 14.2. The Morgan fingerprint density at radius 2 is 2.16 bits per heavy atom. The van der Waals surface area contributed by atoms with Crippen molar-refractivity contribution in [2.75, 3.05) is 6.54 Å². The van der Waals surface area contributed by atoms with Crippen LogP contribution in [0.3, 0.4) is 0 Å². The van der Waals surface area contributed by atoms with E-state index in [1.807, 2.05) is 19.2 Å². The third-order valence-electron chi connectivity index (χ3n) is 2.92. The highest BCUT2D eigenvalue weighted by Crippen LogP contribution is 2.18. The van der Waals surface area contributed by atoms with Gasteiger partial charge in [0.05, 0.1) is 11.7 Å². The first-order valence-electron chi connectivity index (χ1n) is 6.45. The number of rotatable bonds is 5. The van der Waals surface area contributed by atoms with Gasteiger partial charge in [0, 0.05) is 22.6 Å². The second-order valence-corrected chi connectivity index (χ2v) is 5.45. The highest BCUT2D eigenvalue weighted by molar-refractivity contribution is 9.10. The van der Waals surface area contributed by atoms with Crippen molar-refractivity contribution in [2.24, 2.45) is 0 Å². The molecule has 100 valence electrons. The van der Waals surface area contributed by atoms with Gasteiger partial charge in [-0.25, -0.2) is 0 Å². The molecule has 0 spiro atoms. The molecular weight excluding hydrogens is 302 g/mol. The number of hydrogen-bond acceptors (Lipinski definition) is 3. The fourth-order valence-electron chi connectivity index (χ4n) is 2.09. The van der Waals surface area contributed by atoms with Crippen molar-refractivity contribution in [3.05, 3.63) is 58.1 Å². The number of hydrogen-bond donors (Lipinski definition) is 1. The molecule has 1 unspecified atom stereocenters. The summed E-state index contributed by atoms with van der Waals surface area (Å²) in [6.07, 6.45) is 4.60. The van der Waals surface area contributed by atoms with E-state index in [0.29, 0.717) is 0 Å². The Bertz CT molecular complexity index is 542. The van der Waals surface area contributed by atoms with Crippen molar-refractivity contribution < 1.29 is 0 Å². The minimum Gasteiger partial charge on any atom is -0.309 e. The summed E-state index contributed by atoms with van der Waals surface area (Å²) in [5, 5.41) is 3.49. The molecule has 1 N–H and O–H groups in total. The van der Waals surface area contributed by atoms with Gasteiger partial charge < -0.3 is 5.32 Å². The quantitative estimate of drug-likeness (QED) is 0.917. The van der Waals surface area contributed by atoms with E-state index in [9.17, 15) is 0 Å².